The van der Waals surface area contributed by atoms with Crippen LogP contribution in [0.25, 0.3) is 16.3 Å². The molecule has 1 heterocycles. The number of thiazole rings is 1. The number of nitro benzene ring substituents is 1. The largest absolute Gasteiger partial charge is 0.435 e. The number of rotatable bonds is 6. The number of amides is 1. The molecule has 0 atom stereocenters. The maximum Gasteiger partial charge on any atom is 0.387 e. The van der Waals surface area contributed by atoms with Gasteiger partial charge in [-0.2, -0.15) is 8.78 Å². The van der Waals surface area contributed by atoms with Crippen molar-refractivity contribution >= 4 is 44.4 Å². The van der Waals surface area contributed by atoms with Gasteiger partial charge in [0.1, 0.15) is 5.75 Å². The van der Waals surface area contributed by atoms with E-state index in [1.54, 1.807) is 0 Å². The number of alkyl halides is 2. The number of carbonyl (C=O) groups is 1. The molecule has 0 saturated heterocycles. The van der Waals surface area contributed by atoms with Crippen LogP contribution in [0.5, 0.6) is 5.75 Å². The topological polar surface area (TPSA) is 94.4 Å². The monoisotopic (exact) mass is 391 g/mol. The van der Waals surface area contributed by atoms with Crippen molar-refractivity contribution < 1.29 is 23.2 Å². The highest BCUT2D eigenvalue weighted by molar-refractivity contribution is 7.22. The average Bonchev–Trinajstić information content (AvgIpc) is 3.01. The molecule has 7 nitrogen and oxygen atoms in total. The second-order valence-electron chi connectivity index (χ2n) is 5.20. The van der Waals surface area contributed by atoms with E-state index in [0.717, 1.165) is 11.3 Å². The number of anilines is 1. The molecule has 0 fully saturated rings. The van der Waals surface area contributed by atoms with E-state index in [0.29, 0.717) is 20.9 Å². The van der Waals surface area contributed by atoms with Crippen LogP contribution in [0.15, 0.2) is 48.5 Å². The van der Waals surface area contributed by atoms with Gasteiger partial charge in [0.05, 0.1) is 15.1 Å². The zero-order valence-electron chi connectivity index (χ0n) is 13.5. The number of hydrogen-bond acceptors (Lipinski definition) is 6. The number of fused-ring (bicyclic) bond motifs is 1. The predicted molar refractivity (Wildman–Crippen MR) is 97.0 cm³/mol. The zero-order chi connectivity index (χ0) is 19.4. The first kappa shape index (κ1) is 18.4. The quantitative estimate of drug-likeness (QED) is 0.380. The molecule has 0 bridgehead atoms. The van der Waals surface area contributed by atoms with Gasteiger partial charge in [0.25, 0.3) is 5.69 Å². The SMILES string of the molecule is O=C(/C=C/c1ccc(OC(F)F)cc1)Nc1nc2ccc([N+](=O)[O-])cc2s1. The van der Waals surface area contributed by atoms with Crippen molar-refractivity contribution in [2.75, 3.05) is 5.32 Å². The third kappa shape index (κ3) is 4.82. The molecule has 138 valence electrons. The van der Waals surface area contributed by atoms with Gasteiger partial charge in [-0.1, -0.05) is 23.5 Å². The van der Waals surface area contributed by atoms with E-state index in [-0.39, 0.29) is 11.4 Å². The Hall–Kier alpha value is -3.40. The standard InChI is InChI=1S/C17H11F2N3O4S/c18-16(19)26-12-5-1-10(2-6-12)3-8-15(23)21-17-20-13-7-4-11(22(24)25)9-14(13)27-17/h1-9,16H,(H,20,21,23)/b8-3+. The van der Waals surface area contributed by atoms with E-state index in [1.807, 2.05) is 0 Å². The minimum atomic E-state index is -2.90. The number of nitro groups is 1. The van der Waals surface area contributed by atoms with Crippen LogP contribution in [0.4, 0.5) is 19.6 Å². The van der Waals surface area contributed by atoms with Gasteiger partial charge in [0, 0.05) is 18.2 Å². The number of hydrogen-bond donors (Lipinski definition) is 1. The van der Waals surface area contributed by atoms with Crippen molar-refractivity contribution in [2.45, 2.75) is 6.61 Å². The number of aromatic nitrogens is 1. The molecule has 0 unspecified atom stereocenters. The van der Waals surface area contributed by atoms with Gasteiger partial charge in [-0.15, -0.1) is 0 Å². The van der Waals surface area contributed by atoms with Gasteiger partial charge in [0.2, 0.25) is 5.91 Å². The first-order valence-corrected chi connectivity index (χ1v) is 8.31. The smallest absolute Gasteiger partial charge is 0.387 e. The molecule has 2 aromatic carbocycles. The molecular weight excluding hydrogens is 380 g/mol. The maximum atomic E-state index is 12.1. The van der Waals surface area contributed by atoms with Crippen LogP contribution in [0.1, 0.15) is 5.56 Å². The minimum absolute atomic E-state index is 0.0233. The Morgan fingerprint density at radius 3 is 2.67 bits per heavy atom. The van der Waals surface area contributed by atoms with Crippen LogP contribution < -0.4 is 10.1 Å². The molecule has 0 aliphatic heterocycles. The van der Waals surface area contributed by atoms with Gasteiger partial charge in [-0.25, -0.2) is 4.98 Å². The van der Waals surface area contributed by atoms with Crippen LogP contribution >= 0.6 is 11.3 Å². The fourth-order valence-electron chi connectivity index (χ4n) is 2.16. The molecule has 0 radical (unpaired) electrons. The Kier molecular flexibility index (Phi) is 5.36. The van der Waals surface area contributed by atoms with E-state index < -0.39 is 17.4 Å². The summed E-state index contributed by atoms with van der Waals surface area (Å²) in [6.07, 6.45) is 2.76. The maximum absolute atomic E-state index is 12.1. The number of carbonyl (C=O) groups excluding carboxylic acids is 1. The van der Waals surface area contributed by atoms with Crippen molar-refractivity contribution in [3.8, 4) is 5.75 Å². The highest BCUT2D eigenvalue weighted by Crippen LogP contribution is 2.29. The summed E-state index contributed by atoms with van der Waals surface area (Å²) in [4.78, 5) is 26.5. The molecule has 1 amide bonds. The Balaban J connectivity index is 1.65. The fraction of sp³-hybridized carbons (Fsp3) is 0.0588. The Bertz CT molecular complexity index is 1020. The van der Waals surface area contributed by atoms with Crippen LogP contribution in [-0.2, 0) is 4.79 Å². The molecule has 1 N–H and O–H groups in total. The molecule has 3 rings (SSSR count). The van der Waals surface area contributed by atoms with Crippen molar-refractivity contribution in [3.63, 3.8) is 0 Å². The molecule has 3 aromatic rings. The Morgan fingerprint density at radius 1 is 1.26 bits per heavy atom. The predicted octanol–water partition coefficient (Wildman–Crippen LogP) is 4.46. The minimum Gasteiger partial charge on any atom is -0.435 e. The second-order valence-corrected chi connectivity index (χ2v) is 6.23. The third-order valence-corrected chi connectivity index (χ3v) is 4.28. The van der Waals surface area contributed by atoms with Gasteiger partial charge in [-0.3, -0.25) is 20.2 Å². The summed E-state index contributed by atoms with van der Waals surface area (Å²) in [6, 6.07) is 10.0. The molecule has 0 aliphatic carbocycles. The average molecular weight is 391 g/mol. The van der Waals surface area contributed by atoms with Crippen molar-refractivity contribution in [1.82, 2.24) is 4.98 Å². The number of halogens is 2. The first-order valence-electron chi connectivity index (χ1n) is 7.49. The summed E-state index contributed by atoms with van der Waals surface area (Å²) < 4.78 is 29.0. The highest BCUT2D eigenvalue weighted by Gasteiger charge is 2.11. The summed E-state index contributed by atoms with van der Waals surface area (Å²) in [6.45, 7) is -2.90. The lowest BCUT2D eigenvalue weighted by molar-refractivity contribution is -0.384. The van der Waals surface area contributed by atoms with Gasteiger partial charge in [-0.05, 0) is 29.8 Å². The van der Waals surface area contributed by atoms with E-state index in [4.69, 9.17) is 0 Å². The van der Waals surface area contributed by atoms with Crippen LogP contribution in [0.3, 0.4) is 0 Å². The lowest BCUT2D eigenvalue weighted by Gasteiger charge is -2.03. The Morgan fingerprint density at radius 2 is 2.00 bits per heavy atom. The summed E-state index contributed by atoms with van der Waals surface area (Å²) in [5.74, 6) is -0.424. The van der Waals surface area contributed by atoms with E-state index >= 15 is 0 Å². The van der Waals surface area contributed by atoms with Gasteiger partial charge < -0.3 is 4.74 Å². The summed E-state index contributed by atoms with van der Waals surface area (Å²) in [7, 11) is 0. The highest BCUT2D eigenvalue weighted by atomic mass is 32.1. The van der Waals surface area contributed by atoms with Crippen LogP contribution in [0, 0.1) is 10.1 Å². The van der Waals surface area contributed by atoms with E-state index in [2.05, 4.69) is 15.0 Å². The van der Waals surface area contributed by atoms with Crippen molar-refractivity contribution in [2.24, 2.45) is 0 Å². The van der Waals surface area contributed by atoms with Crippen LogP contribution in [0.2, 0.25) is 0 Å². The second kappa shape index (κ2) is 7.87. The fourth-order valence-corrected chi connectivity index (χ4v) is 3.06. The molecular formula is C17H11F2N3O4S. The molecule has 0 aliphatic rings. The Labute approximate surface area is 155 Å². The number of ether oxygens (including phenoxy) is 1. The molecule has 0 spiro atoms. The molecule has 27 heavy (non-hydrogen) atoms. The van der Waals surface area contributed by atoms with Crippen LogP contribution in [-0.4, -0.2) is 22.4 Å². The van der Waals surface area contributed by atoms with Gasteiger partial charge >= 0.3 is 6.61 Å². The summed E-state index contributed by atoms with van der Waals surface area (Å²) in [5, 5.41) is 13.7. The number of nitrogens with zero attached hydrogens (tertiary/aromatic N) is 2. The lowest BCUT2D eigenvalue weighted by Crippen LogP contribution is -2.07. The number of nitrogens with one attached hydrogen (secondary N) is 1. The third-order valence-electron chi connectivity index (χ3n) is 3.35. The lowest BCUT2D eigenvalue weighted by atomic mass is 10.2. The first-order chi connectivity index (χ1) is 12.9. The van der Waals surface area contributed by atoms with E-state index in [1.165, 1.54) is 54.6 Å². The normalized spacial score (nSPS) is 11.2. The number of benzene rings is 2. The summed E-state index contributed by atoms with van der Waals surface area (Å²) in [5.41, 5.74) is 1.11. The zero-order valence-corrected chi connectivity index (χ0v) is 14.3. The van der Waals surface area contributed by atoms with E-state index in [9.17, 15) is 23.7 Å². The van der Waals surface area contributed by atoms with Gasteiger partial charge in [0.15, 0.2) is 5.13 Å². The summed E-state index contributed by atoms with van der Waals surface area (Å²) >= 11 is 1.12. The molecule has 1 aromatic heterocycles. The molecule has 0 saturated carbocycles. The molecule has 10 heteroatoms. The number of non-ortho nitro benzene ring substituents is 1. The van der Waals surface area contributed by atoms with Crippen molar-refractivity contribution in [1.29, 1.82) is 0 Å². The van der Waals surface area contributed by atoms with Crippen molar-refractivity contribution in [3.05, 3.63) is 64.2 Å².